The topological polar surface area (TPSA) is 45.0 Å². The first kappa shape index (κ1) is 10.4. The molecule has 1 N–H and O–H groups in total. The fraction of sp³-hybridized carbons (Fsp3) is 0.364. The molecule has 0 heterocycles. The molecule has 0 saturated heterocycles. The van der Waals surface area contributed by atoms with Crippen LogP contribution in [0.15, 0.2) is 24.3 Å². The number of anilines is 1. The minimum atomic E-state index is 0.135. The van der Waals surface area contributed by atoms with Crippen LogP contribution in [0.1, 0.15) is 13.3 Å². The fourth-order valence-corrected chi connectivity index (χ4v) is 1.22. The van der Waals surface area contributed by atoms with Gasteiger partial charge in [-0.25, -0.2) is 0 Å². The van der Waals surface area contributed by atoms with E-state index < -0.39 is 0 Å². The van der Waals surface area contributed by atoms with Crippen molar-refractivity contribution in [3.8, 4) is 11.8 Å². The fourth-order valence-electron chi connectivity index (χ4n) is 1.22. The molecule has 1 unspecified atom stereocenters. The molecule has 0 bridgehead atoms. The van der Waals surface area contributed by atoms with Gasteiger partial charge in [-0.05, 0) is 19.1 Å². The average molecular weight is 190 g/mol. The summed E-state index contributed by atoms with van der Waals surface area (Å²) in [7, 11) is 1.63. The zero-order valence-electron chi connectivity index (χ0n) is 8.45. The Morgan fingerprint density at radius 3 is 2.86 bits per heavy atom. The zero-order chi connectivity index (χ0) is 10.4. The Bertz CT molecular complexity index is 330. The number of benzene rings is 1. The number of rotatable bonds is 4. The van der Waals surface area contributed by atoms with Gasteiger partial charge in [0.2, 0.25) is 0 Å². The second-order valence-electron chi connectivity index (χ2n) is 3.11. The predicted octanol–water partition coefficient (Wildman–Crippen LogP) is 2.41. The van der Waals surface area contributed by atoms with E-state index in [1.165, 1.54) is 0 Å². The Balaban J connectivity index is 2.71. The smallest absolute Gasteiger partial charge is 0.141 e. The number of nitrogens with zero attached hydrogens (tertiary/aromatic N) is 1. The minimum Gasteiger partial charge on any atom is -0.495 e. The molecule has 0 aliphatic carbocycles. The van der Waals surface area contributed by atoms with Gasteiger partial charge in [0.15, 0.2) is 0 Å². The van der Waals surface area contributed by atoms with Crippen molar-refractivity contribution in [2.24, 2.45) is 0 Å². The van der Waals surface area contributed by atoms with Crippen LogP contribution < -0.4 is 10.1 Å². The Labute approximate surface area is 84.3 Å². The van der Waals surface area contributed by atoms with Crippen LogP contribution in [0.2, 0.25) is 0 Å². The molecule has 0 aliphatic rings. The molecule has 0 amide bonds. The first-order chi connectivity index (χ1) is 6.77. The standard InChI is InChI=1S/C11H14N2O/c1-9(7-8-12)13-10-5-3-4-6-11(10)14-2/h3-6,9,13H,7H2,1-2H3. The van der Waals surface area contributed by atoms with Gasteiger partial charge in [-0.3, -0.25) is 0 Å². The highest BCUT2D eigenvalue weighted by Crippen LogP contribution is 2.23. The van der Waals surface area contributed by atoms with E-state index in [-0.39, 0.29) is 6.04 Å². The van der Waals surface area contributed by atoms with Crippen molar-refractivity contribution in [2.75, 3.05) is 12.4 Å². The lowest BCUT2D eigenvalue weighted by Crippen LogP contribution is -2.14. The van der Waals surface area contributed by atoms with Gasteiger partial charge in [-0.15, -0.1) is 0 Å². The number of ether oxygens (including phenoxy) is 1. The summed E-state index contributed by atoms with van der Waals surface area (Å²) in [6, 6.07) is 9.93. The van der Waals surface area contributed by atoms with Gasteiger partial charge in [0, 0.05) is 6.04 Å². The number of nitriles is 1. The van der Waals surface area contributed by atoms with Crippen LogP contribution in [0.4, 0.5) is 5.69 Å². The van der Waals surface area contributed by atoms with Gasteiger partial charge in [0.05, 0.1) is 25.3 Å². The van der Waals surface area contributed by atoms with Gasteiger partial charge < -0.3 is 10.1 Å². The minimum absolute atomic E-state index is 0.135. The summed E-state index contributed by atoms with van der Waals surface area (Å²) in [5.74, 6) is 0.803. The van der Waals surface area contributed by atoms with Crippen LogP contribution in [-0.4, -0.2) is 13.2 Å². The molecule has 3 nitrogen and oxygen atoms in total. The average Bonchev–Trinajstić information content (AvgIpc) is 2.19. The lowest BCUT2D eigenvalue weighted by atomic mass is 10.2. The van der Waals surface area contributed by atoms with Gasteiger partial charge in [-0.1, -0.05) is 12.1 Å². The Kier molecular flexibility index (Phi) is 3.81. The van der Waals surface area contributed by atoms with Crippen molar-refractivity contribution < 1.29 is 4.74 Å². The Hall–Kier alpha value is -1.69. The quantitative estimate of drug-likeness (QED) is 0.793. The summed E-state index contributed by atoms with van der Waals surface area (Å²) in [6.07, 6.45) is 0.484. The monoisotopic (exact) mass is 190 g/mol. The van der Waals surface area contributed by atoms with Crippen LogP contribution in [0, 0.1) is 11.3 Å². The van der Waals surface area contributed by atoms with E-state index in [1.807, 2.05) is 31.2 Å². The zero-order valence-corrected chi connectivity index (χ0v) is 8.45. The highest BCUT2D eigenvalue weighted by atomic mass is 16.5. The molecule has 3 heteroatoms. The molecule has 0 fully saturated rings. The number of hydrogen-bond donors (Lipinski definition) is 1. The molecular formula is C11H14N2O. The summed E-state index contributed by atoms with van der Waals surface area (Å²) >= 11 is 0. The van der Waals surface area contributed by atoms with E-state index in [1.54, 1.807) is 7.11 Å². The highest BCUT2D eigenvalue weighted by Gasteiger charge is 2.04. The molecular weight excluding hydrogens is 176 g/mol. The largest absolute Gasteiger partial charge is 0.495 e. The molecule has 0 spiro atoms. The first-order valence-corrected chi connectivity index (χ1v) is 4.54. The van der Waals surface area contributed by atoms with Crippen molar-refractivity contribution in [1.82, 2.24) is 0 Å². The molecule has 74 valence electrons. The first-order valence-electron chi connectivity index (χ1n) is 4.54. The number of nitrogens with one attached hydrogen (secondary N) is 1. The van der Waals surface area contributed by atoms with Gasteiger partial charge in [-0.2, -0.15) is 5.26 Å². The van der Waals surface area contributed by atoms with E-state index in [0.29, 0.717) is 6.42 Å². The van der Waals surface area contributed by atoms with E-state index in [0.717, 1.165) is 11.4 Å². The Morgan fingerprint density at radius 2 is 2.21 bits per heavy atom. The molecule has 0 radical (unpaired) electrons. The molecule has 0 aromatic heterocycles. The third kappa shape index (κ3) is 2.67. The van der Waals surface area contributed by atoms with Crippen molar-refractivity contribution >= 4 is 5.69 Å². The highest BCUT2D eigenvalue weighted by molar-refractivity contribution is 5.56. The predicted molar refractivity (Wildman–Crippen MR) is 56.3 cm³/mol. The lowest BCUT2D eigenvalue weighted by Gasteiger charge is -2.14. The summed E-state index contributed by atoms with van der Waals surface area (Å²) in [4.78, 5) is 0. The van der Waals surface area contributed by atoms with Crippen LogP contribution in [-0.2, 0) is 0 Å². The normalized spacial score (nSPS) is 11.5. The molecule has 1 aromatic carbocycles. The molecule has 14 heavy (non-hydrogen) atoms. The van der Waals surface area contributed by atoms with Crippen molar-refractivity contribution in [2.45, 2.75) is 19.4 Å². The Morgan fingerprint density at radius 1 is 1.50 bits per heavy atom. The maximum Gasteiger partial charge on any atom is 0.141 e. The number of methoxy groups -OCH3 is 1. The lowest BCUT2D eigenvalue weighted by molar-refractivity contribution is 0.416. The van der Waals surface area contributed by atoms with Crippen molar-refractivity contribution in [1.29, 1.82) is 5.26 Å². The van der Waals surface area contributed by atoms with E-state index >= 15 is 0 Å². The molecule has 1 aromatic rings. The second kappa shape index (κ2) is 5.13. The summed E-state index contributed by atoms with van der Waals surface area (Å²) in [6.45, 7) is 1.97. The second-order valence-corrected chi connectivity index (χ2v) is 3.11. The van der Waals surface area contributed by atoms with Crippen molar-refractivity contribution in [3.63, 3.8) is 0 Å². The van der Waals surface area contributed by atoms with E-state index in [2.05, 4.69) is 11.4 Å². The third-order valence-electron chi connectivity index (χ3n) is 1.91. The number of hydrogen-bond acceptors (Lipinski definition) is 3. The molecule has 0 saturated carbocycles. The van der Waals surface area contributed by atoms with Crippen LogP contribution in [0.3, 0.4) is 0 Å². The van der Waals surface area contributed by atoms with Gasteiger partial charge >= 0.3 is 0 Å². The molecule has 1 atom stereocenters. The maximum absolute atomic E-state index is 8.52. The number of para-hydroxylation sites is 2. The SMILES string of the molecule is COc1ccccc1NC(C)CC#N. The molecule has 0 aliphatic heterocycles. The summed E-state index contributed by atoms with van der Waals surface area (Å²) in [5.41, 5.74) is 0.928. The van der Waals surface area contributed by atoms with E-state index in [4.69, 9.17) is 10.00 Å². The van der Waals surface area contributed by atoms with Crippen LogP contribution >= 0.6 is 0 Å². The third-order valence-corrected chi connectivity index (χ3v) is 1.91. The van der Waals surface area contributed by atoms with Crippen LogP contribution in [0.5, 0.6) is 5.75 Å². The van der Waals surface area contributed by atoms with Gasteiger partial charge in [0.1, 0.15) is 5.75 Å². The van der Waals surface area contributed by atoms with Gasteiger partial charge in [0.25, 0.3) is 0 Å². The maximum atomic E-state index is 8.52. The van der Waals surface area contributed by atoms with Crippen molar-refractivity contribution in [3.05, 3.63) is 24.3 Å². The summed E-state index contributed by atoms with van der Waals surface area (Å²) < 4.78 is 5.18. The summed E-state index contributed by atoms with van der Waals surface area (Å²) in [5, 5.41) is 11.7. The van der Waals surface area contributed by atoms with Crippen LogP contribution in [0.25, 0.3) is 0 Å². The van der Waals surface area contributed by atoms with E-state index in [9.17, 15) is 0 Å². The molecule has 1 rings (SSSR count).